The van der Waals surface area contributed by atoms with Crippen LogP contribution in [0.3, 0.4) is 0 Å². The third-order valence-corrected chi connectivity index (χ3v) is 4.78. The molecule has 2 atom stereocenters. The van der Waals surface area contributed by atoms with Crippen LogP contribution in [0.15, 0.2) is 24.3 Å². The Morgan fingerprint density at radius 3 is 2.41 bits per heavy atom. The molecule has 1 aliphatic heterocycles. The SMILES string of the molecule is CC1CC(C)CN(C(=O)COC(=O)CCCNC(=O)c2ccc(Cl)cc2)C1. The summed E-state index contributed by atoms with van der Waals surface area (Å²) >= 11 is 5.78. The van der Waals surface area contributed by atoms with Crippen molar-refractivity contribution in [3.8, 4) is 0 Å². The van der Waals surface area contributed by atoms with E-state index in [4.69, 9.17) is 16.3 Å². The lowest BCUT2D eigenvalue weighted by atomic mass is 9.92. The van der Waals surface area contributed by atoms with Crippen LogP contribution in [0.25, 0.3) is 0 Å². The molecule has 2 amide bonds. The Hall–Kier alpha value is -2.08. The number of hydrogen-bond donors (Lipinski definition) is 1. The van der Waals surface area contributed by atoms with Gasteiger partial charge in [-0.05, 0) is 48.9 Å². The van der Waals surface area contributed by atoms with Crippen molar-refractivity contribution in [1.29, 1.82) is 0 Å². The predicted molar refractivity (Wildman–Crippen MR) is 104 cm³/mol. The number of likely N-dealkylation sites (tertiary alicyclic amines) is 1. The maximum absolute atomic E-state index is 12.2. The zero-order valence-electron chi connectivity index (χ0n) is 15.9. The highest BCUT2D eigenvalue weighted by molar-refractivity contribution is 6.30. The van der Waals surface area contributed by atoms with Crippen molar-refractivity contribution in [2.45, 2.75) is 33.1 Å². The van der Waals surface area contributed by atoms with Crippen LogP contribution >= 0.6 is 11.6 Å². The highest BCUT2D eigenvalue weighted by Gasteiger charge is 2.25. The van der Waals surface area contributed by atoms with E-state index in [-0.39, 0.29) is 24.8 Å². The predicted octanol–water partition coefficient (Wildman–Crippen LogP) is 2.90. The number of benzene rings is 1. The molecule has 6 nitrogen and oxygen atoms in total. The van der Waals surface area contributed by atoms with Crippen molar-refractivity contribution in [1.82, 2.24) is 10.2 Å². The van der Waals surface area contributed by atoms with Crippen LogP contribution in [0, 0.1) is 11.8 Å². The van der Waals surface area contributed by atoms with E-state index < -0.39 is 5.97 Å². The molecule has 0 aliphatic carbocycles. The molecule has 1 aromatic rings. The van der Waals surface area contributed by atoms with Crippen molar-refractivity contribution < 1.29 is 19.1 Å². The van der Waals surface area contributed by atoms with E-state index in [0.29, 0.717) is 35.4 Å². The van der Waals surface area contributed by atoms with E-state index in [2.05, 4.69) is 19.2 Å². The van der Waals surface area contributed by atoms with Gasteiger partial charge in [-0.15, -0.1) is 0 Å². The normalized spacial score (nSPS) is 19.4. The van der Waals surface area contributed by atoms with Crippen LogP contribution in [0.1, 0.15) is 43.5 Å². The number of nitrogens with zero attached hydrogens (tertiary/aromatic N) is 1. The van der Waals surface area contributed by atoms with Gasteiger partial charge in [-0.25, -0.2) is 0 Å². The summed E-state index contributed by atoms with van der Waals surface area (Å²) in [5, 5.41) is 3.30. The minimum Gasteiger partial charge on any atom is -0.456 e. The van der Waals surface area contributed by atoms with E-state index in [9.17, 15) is 14.4 Å². The number of ether oxygens (including phenoxy) is 1. The molecule has 1 heterocycles. The minimum absolute atomic E-state index is 0.141. The molecule has 0 saturated carbocycles. The smallest absolute Gasteiger partial charge is 0.306 e. The van der Waals surface area contributed by atoms with Gasteiger partial charge in [0.1, 0.15) is 0 Å². The zero-order chi connectivity index (χ0) is 19.8. The number of carbonyl (C=O) groups excluding carboxylic acids is 3. The maximum Gasteiger partial charge on any atom is 0.306 e. The number of halogens is 1. The Labute approximate surface area is 165 Å². The summed E-state index contributed by atoms with van der Waals surface area (Å²) in [4.78, 5) is 37.7. The molecule has 0 bridgehead atoms. The summed E-state index contributed by atoms with van der Waals surface area (Å²) in [5.74, 6) is 0.152. The average molecular weight is 395 g/mol. The van der Waals surface area contributed by atoms with Gasteiger partial charge in [0.2, 0.25) is 0 Å². The Kier molecular flexibility index (Phi) is 8.10. The monoisotopic (exact) mass is 394 g/mol. The Bertz CT molecular complexity index is 652. The second kappa shape index (κ2) is 10.3. The zero-order valence-corrected chi connectivity index (χ0v) is 16.6. The highest BCUT2D eigenvalue weighted by Crippen LogP contribution is 2.20. The molecule has 1 aliphatic rings. The molecule has 0 radical (unpaired) electrons. The van der Waals surface area contributed by atoms with Crippen LogP contribution < -0.4 is 5.32 Å². The third kappa shape index (κ3) is 7.21. The van der Waals surface area contributed by atoms with Crippen molar-refractivity contribution in [3.63, 3.8) is 0 Å². The van der Waals surface area contributed by atoms with Crippen molar-refractivity contribution >= 4 is 29.4 Å². The summed E-state index contributed by atoms with van der Waals surface area (Å²) in [5.41, 5.74) is 0.512. The summed E-state index contributed by atoms with van der Waals surface area (Å²) in [6, 6.07) is 6.57. The Balaban J connectivity index is 1.61. The molecule has 27 heavy (non-hydrogen) atoms. The van der Waals surface area contributed by atoms with Crippen molar-refractivity contribution in [2.75, 3.05) is 26.2 Å². The molecule has 1 N–H and O–H groups in total. The van der Waals surface area contributed by atoms with Crippen LogP contribution in [0.5, 0.6) is 0 Å². The number of carbonyl (C=O) groups is 3. The number of esters is 1. The van der Waals surface area contributed by atoms with Gasteiger partial charge in [-0.3, -0.25) is 14.4 Å². The summed E-state index contributed by atoms with van der Waals surface area (Å²) in [6.07, 6.45) is 1.72. The van der Waals surface area contributed by atoms with Gasteiger partial charge in [-0.2, -0.15) is 0 Å². The molecule has 1 fully saturated rings. The van der Waals surface area contributed by atoms with Gasteiger partial charge >= 0.3 is 5.97 Å². The lowest BCUT2D eigenvalue weighted by Crippen LogP contribution is -2.44. The fraction of sp³-hybridized carbons (Fsp3) is 0.550. The molecule has 0 spiro atoms. The molecular formula is C20H27ClN2O4. The topological polar surface area (TPSA) is 75.7 Å². The van der Waals surface area contributed by atoms with Crippen LogP contribution in [-0.4, -0.2) is 48.9 Å². The third-order valence-electron chi connectivity index (χ3n) is 4.53. The summed E-state index contributed by atoms with van der Waals surface area (Å²) in [7, 11) is 0. The molecule has 2 rings (SSSR count). The molecule has 148 valence electrons. The van der Waals surface area contributed by atoms with E-state index >= 15 is 0 Å². The molecule has 0 aromatic heterocycles. The van der Waals surface area contributed by atoms with Gasteiger partial charge in [-0.1, -0.05) is 25.4 Å². The fourth-order valence-corrected chi connectivity index (χ4v) is 3.44. The van der Waals surface area contributed by atoms with Crippen LogP contribution in [0.2, 0.25) is 5.02 Å². The average Bonchev–Trinajstić information content (AvgIpc) is 2.62. The fourth-order valence-electron chi connectivity index (χ4n) is 3.31. The molecule has 1 aromatic carbocycles. The van der Waals surface area contributed by atoms with E-state index in [1.54, 1.807) is 29.2 Å². The van der Waals surface area contributed by atoms with Gasteiger partial charge in [0, 0.05) is 36.6 Å². The van der Waals surface area contributed by atoms with Gasteiger partial charge in [0.25, 0.3) is 11.8 Å². The van der Waals surface area contributed by atoms with E-state index in [1.807, 2.05) is 0 Å². The number of amides is 2. The molecule has 1 saturated heterocycles. The van der Waals surface area contributed by atoms with Crippen molar-refractivity contribution in [2.24, 2.45) is 11.8 Å². The minimum atomic E-state index is -0.429. The van der Waals surface area contributed by atoms with Gasteiger partial charge in [0.05, 0.1) is 0 Å². The quantitative estimate of drug-likeness (QED) is 0.570. The number of piperidine rings is 1. The van der Waals surface area contributed by atoms with Crippen molar-refractivity contribution in [3.05, 3.63) is 34.9 Å². The largest absolute Gasteiger partial charge is 0.456 e. The van der Waals surface area contributed by atoms with Crippen LogP contribution in [-0.2, 0) is 14.3 Å². The highest BCUT2D eigenvalue weighted by atomic mass is 35.5. The van der Waals surface area contributed by atoms with Gasteiger partial charge in [0.15, 0.2) is 6.61 Å². The number of nitrogens with one attached hydrogen (secondary N) is 1. The number of hydrogen-bond acceptors (Lipinski definition) is 4. The lowest BCUT2D eigenvalue weighted by Gasteiger charge is -2.34. The first-order valence-corrected chi connectivity index (χ1v) is 9.70. The Morgan fingerprint density at radius 2 is 1.78 bits per heavy atom. The second-order valence-corrected chi connectivity index (χ2v) is 7.71. The van der Waals surface area contributed by atoms with Gasteiger partial charge < -0.3 is 15.0 Å². The first kappa shape index (κ1) is 21.2. The number of rotatable bonds is 7. The first-order valence-electron chi connectivity index (χ1n) is 9.32. The molecule has 7 heteroatoms. The lowest BCUT2D eigenvalue weighted by molar-refractivity contribution is -0.153. The van der Waals surface area contributed by atoms with E-state index in [1.165, 1.54) is 0 Å². The van der Waals surface area contributed by atoms with Crippen LogP contribution in [0.4, 0.5) is 0 Å². The first-order chi connectivity index (χ1) is 12.8. The summed E-state index contributed by atoms with van der Waals surface area (Å²) in [6.45, 7) is 5.83. The Morgan fingerprint density at radius 1 is 1.15 bits per heavy atom. The summed E-state index contributed by atoms with van der Waals surface area (Å²) < 4.78 is 5.07. The second-order valence-electron chi connectivity index (χ2n) is 7.27. The standard InChI is InChI=1S/C20H27ClN2O4/c1-14-10-15(2)12-23(11-14)18(24)13-27-19(25)4-3-9-22-20(26)16-5-7-17(21)8-6-16/h5-8,14-15H,3-4,9-13H2,1-2H3,(H,22,26). The molecule has 2 unspecified atom stereocenters. The van der Waals surface area contributed by atoms with E-state index in [0.717, 1.165) is 19.5 Å². The molecular weight excluding hydrogens is 368 g/mol. The maximum atomic E-state index is 12.2.